The van der Waals surface area contributed by atoms with Crippen molar-refractivity contribution in [2.75, 3.05) is 0 Å². The average Bonchev–Trinajstić information content (AvgIpc) is 2.44. The molecule has 0 fully saturated rings. The summed E-state index contributed by atoms with van der Waals surface area (Å²) in [6.07, 6.45) is 3.35. The third kappa shape index (κ3) is 1.31. The van der Waals surface area contributed by atoms with Crippen LogP contribution in [-0.2, 0) is 0 Å². The number of aromatic nitrogens is 4. The Morgan fingerprint density at radius 3 is 3.07 bits per heavy atom. The topological polar surface area (TPSA) is 63.6 Å². The van der Waals surface area contributed by atoms with Gasteiger partial charge in [-0.05, 0) is 6.92 Å². The summed E-state index contributed by atoms with van der Waals surface area (Å²) >= 11 is 5.63. The molecule has 0 aliphatic rings. The van der Waals surface area contributed by atoms with Gasteiger partial charge in [0.25, 0.3) is 5.56 Å². The van der Waals surface area contributed by atoms with E-state index in [4.69, 9.17) is 11.6 Å². The SMILES string of the molecule is CC=Cn1[nH]c2cc(Cl)nnc2c1=O. The minimum Gasteiger partial charge on any atom is -0.289 e. The molecule has 2 rings (SSSR count). The van der Waals surface area contributed by atoms with E-state index in [-0.39, 0.29) is 16.2 Å². The van der Waals surface area contributed by atoms with E-state index in [9.17, 15) is 4.79 Å². The standard InChI is InChI=1S/C8H7ClN4O/c1-2-3-13-8(14)7-5(12-13)4-6(9)10-11-7/h2-4,12H,1H3. The molecule has 0 aromatic carbocycles. The maximum absolute atomic E-state index is 11.6. The summed E-state index contributed by atoms with van der Waals surface area (Å²) in [6.45, 7) is 1.82. The van der Waals surface area contributed by atoms with Gasteiger partial charge in [-0.1, -0.05) is 17.7 Å². The molecule has 2 heterocycles. The van der Waals surface area contributed by atoms with Gasteiger partial charge in [-0.3, -0.25) is 9.89 Å². The van der Waals surface area contributed by atoms with Gasteiger partial charge in [-0.2, -0.15) is 0 Å². The number of H-pyrrole nitrogens is 1. The van der Waals surface area contributed by atoms with Gasteiger partial charge >= 0.3 is 0 Å². The van der Waals surface area contributed by atoms with Gasteiger partial charge in [0.05, 0.1) is 5.52 Å². The molecule has 0 saturated heterocycles. The molecule has 0 amide bonds. The number of hydrogen-bond donors (Lipinski definition) is 1. The number of fused-ring (bicyclic) bond motifs is 1. The molecule has 0 radical (unpaired) electrons. The molecule has 0 aliphatic heterocycles. The summed E-state index contributed by atoms with van der Waals surface area (Å²) in [7, 11) is 0. The lowest BCUT2D eigenvalue weighted by Crippen LogP contribution is -2.11. The predicted octanol–water partition coefficient (Wildman–Crippen LogP) is 1.26. The Hall–Kier alpha value is -1.62. The van der Waals surface area contributed by atoms with Crippen LogP contribution < -0.4 is 5.56 Å². The van der Waals surface area contributed by atoms with Crippen LogP contribution in [0, 0.1) is 0 Å². The molecule has 0 saturated carbocycles. The lowest BCUT2D eigenvalue weighted by atomic mass is 10.4. The Morgan fingerprint density at radius 1 is 1.57 bits per heavy atom. The highest BCUT2D eigenvalue weighted by atomic mass is 35.5. The highest BCUT2D eigenvalue weighted by molar-refractivity contribution is 6.29. The summed E-state index contributed by atoms with van der Waals surface area (Å²) < 4.78 is 1.33. The third-order valence-corrected chi connectivity index (χ3v) is 1.91. The van der Waals surface area contributed by atoms with Crippen molar-refractivity contribution in [1.82, 2.24) is 20.0 Å². The van der Waals surface area contributed by atoms with Crippen LogP contribution in [0.3, 0.4) is 0 Å². The molecule has 2 aromatic heterocycles. The van der Waals surface area contributed by atoms with E-state index in [1.54, 1.807) is 18.3 Å². The minimum absolute atomic E-state index is 0.234. The van der Waals surface area contributed by atoms with E-state index in [0.29, 0.717) is 5.52 Å². The first-order valence-electron chi connectivity index (χ1n) is 3.98. The number of allylic oxidation sites excluding steroid dienone is 1. The molecule has 0 atom stereocenters. The van der Waals surface area contributed by atoms with Crippen LogP contribution in [-0.4, -0.2) is 20.0 Å². The normalized spacial score (nSPS) is 11.6. The maximum Gasteiger partial charge on any atom is 0.299 e. The van der Waals surface area contributed by atoms with Gasteiger partial charge in [0, 0.05) is 12.3 Å². The minimum atomic E-state index is -0.234. The molecule has 72 valence electrons. The molecule has 14 heavy (non-hydrogen) atoms. The second-order valence-corrected chi connectivity index (χ2v) is 3.09. The average molecular weight is 211 g/mol. The molecule has 2 aromatic rings. The molecule has 5 nitrogen and oxygen atoms in total. The second-order valence-electron chi connectivity index (χ2n) is 2.70. The fourth-order valence-corrected chi connectivity index (χ4v) is 1.31. The molecule has 0 aliphatic carbocycles. The smallest absolute Gasteiger partial charge is 0.289 e. The van der Waals surface area contributed by atoms with Gasteiger partial charge < -0.3 is 0 Å². The number of aromatic amines is 1. The lowest BCUT2D eigenvalue weighted by Gasteiger charge is -1.87. The van der Waals surface area contributed by atoms with E-state index in [1.165, 1.54) is 4.68 Å². The quantitative estimate of drug-likeness (QED) is 0.771. The Kier molecular flexibility index (Phi) is 2.09. The molecule has 1 N–H and O–H groups in total. The first kappa shape index (κ1) is 8.96. The Labute approximate surface area is 84.0 Å². The first-order valence-corrected chi connectivity index (χ1v) is 4.36. The van der Waals surface area contributed by atoms with Crippen molar-refractivity contribution >= 4 is 28.8 Å². The fraction of sp³-hybridized carbons (Fsp3) is 0.125. The van der Waals surface area contributed by atoms with Gasteiger partial charge in [0.15, 0.2) is 10.7 Å². The molecule has 0 unspecified atom stereocenters. The third-order valence-electron chi connectivity index (χ3n) is 1.72. The van der Waals surface area contributed by atoms with Crippen LogP contribution in [0.5, 0.6) is 0 Å². The molecule has 0 bridgehead atoms. The lowest BCUT2D eigenvalue weighted by molar-refractivity contribution is 0.915. The Balaban J connectivity index is 2.80. The van der Waals surface area contributed by atoms with E-state index in [0.717, 1.165) is 0 Å². The highest BCUT2D eigenvalue weighted by Gasteiger charge is 2.06. The van der Waals surface area contributed by atoms with Crippen LogP contribution in [0.25, 0.3) is 17.2 Å². The van der Waals surface area contributed by atoms with E-state index in [2.05, 4.69) is 15.3 Å². The number of nitrogens with zero attached hydrogens (tertiary/aromatic N) is 3. The van der Waals surface area contributed by atoms with Crippen molar-refractivity contribution in [3.8, 4) is 0 Å². The summed E-state index contributed by atoms with van der Waals surface area (Å²) in [4.78, 5) is 11.6. The van der Waals surface area contributed by atoms with Crippen molar-refractivity contribution in [3.63, 3.8) is 0 Å². The maximum atomic E-state index is 11.6. The summed E-state index contributed by atoms with van der Waals surface area (Å²) in [5, 5.41) is 10.4. The van der Waals surface area contributed by atoms with Gasteiger partial charge in [-0.15, -0.1) is 10.2 Å². The summed E-state index contributed by atoms with van der Waals surface area (Å²) in [5.41, 5.74) is 0.628. The molecular formula is C8H7ClN4O. The number of nitrogens with one attached hydrogen (secondary N) is 1. The number of rotatable bonds is 1. The Bertz CT molecular complexity index is 554. The van der Waals surface area contributed by atoms with Crippen LogP contribution >= 0.6 is 11.6 Å². The molecule has 6 heteroatoms. The fourth-order valence-electron chi connectivity index (χ4n) is 1.16. The van der Waals surface area contributed by atoms with Crippen LogP contribution in [0.4, 0.5) is 0 Å². The van der Waals surface area contributed by atoms with E-state index in [1.807, 2.05) is 6.92 Å². The van der Waals surface area contributed by atoms with Gasteiger partial charge in [0.2, 0.25) is 0 Å². The van der Waals surface area contributed by atoms with Crippen molar-refractivity contribution in [3.05, 3.63) is 27.6 Å². The molecule has 0 spiro atoms. The zero-order valence-corrected chi connectivity index (χ0v) is 8.12. The Morgan fingerprint density at radius 2 is 2.36 bits per heavy atom. The van der Waals surface area contributed by atoms with Crippen molar-refractivity contribution in [2.45, 2.75) is 6.92 Å². The van der Waals surface area contributed by atoms with Gasteiger partial charge in [-0.25, -0.2) is 4.68 Å². The first-order chi connectivity index (χ1) is 6.72. The number of hydrogen-bond acceptors (Lipinski definition) is 3. The van der Waals surface area contributed by atoms with Crippen LogP contribution in [0.2, 0.25) is 5.15 Å². The number of halogens is 1. The summed E-state index contributed by atoms with van der Waals surface area (Å²) in [6, 6.07) is 1.56. The van der Waals surface area contributed by atoms with Crippen LogP contribution in [0.15, 0.2) is 16.9 Å². The van der Waals surface area contributed by atoms with Gasteiger partial charge in [0.1, 0.15) is 0 Å². The van der Waals surface area contributed by atoms with Crippen molar-refractivity contribution in [2.24, 2.45) is 0 Å². The highest BCUT2D eigenvalue weighted by Crippen LogP contribution is 2.08. The molecular weight excluding hydrogens is 204 g/mol. The zero-order valence-electron chi connectivity index (χ0n) is 7.36. The van der Waals surface area contributed by atoms with E-state index >= 15 is 0 Å². The largest absolute Gasteiger partial charge is 0.299 e. The van der Waals surface area contributed by atoms with Crippen molar-refractivity contribution < 1.29 is 0 Å². The second kappa shape index (κ2) is 3.26. The van der Waals surface area contributed by atoms with Crippen LogP contribution in [0.1, 0.15) is 6.92 Å². The van der Waals surface area contributed by atoms with E-state index < -0.39 is 0 Å². The summed E-state index contributed by atoms with van der Waals surface area (Å²) in [5.74, 6) is 0. The van der Waals surface area contributed by atoms with Crippen molar-refractivity contribution in [1.29, 1.82) is 0 Å². The monoisotopic (exact) mass is 210 g/mol. The predicted molar refractivity (Wildman–Crippen MR) is 54.2 cm³/mol. The zero-order chi connectivity index (χ0) is 10.1.